The number of anilines is 2. The van der Waals surface area contributed by atoms with E-state index in [1.54, 1.807) is 25.1 Å². The Morgan fingerprint density at radius 3 is 2.36 bits per heavy atom. The van der Waals surface area contributed by atoms with Crippen molar-refractivity contribution in [2.45, 2.75) is 25.2 Å². The van der Waals surface area contributed by atoms with E-state index in [1.807, 2.05) is 0 Å². The van der Waals surface area contributed by atoms with Gasteiger partial charge in [-0.25, -0.2) is 8.78 Å². The molecule has 0 saturated carbocycles. The van der Waals surface area contributed by atoms with E-state index in [0.29, 0.717) is 22.0 Å². The van der Waals surface area contributed by atoms with E-state index in [1.165, 1.54) is 24.8 Å². The molecule has 0 atom stereocenters. The van der Waals surface area contributed by atoms with Gasteiger partial charge in [0.2, 0.25) is 11.8 Å². The Morgan fingerprint density at radius 1 is 1.04 bits per heavy atom. The highest BCUT2D eigenvalue weighted by atomic mass is 32.2. The first-order valence-corrected chi connectivity index (χ1v) is 8.60. The van der Waals surface area contributed by atoms with Gasteiger partial charge in [-0.3, -0.25) is 9.59 Å². The van der Waals surface area contributed by atoms with Gasteiger partial charge in [-0.1, -0.05) is 6.07 Å². The lowest BCUT2D eigenvalue weighted by molar-refractivity contribution is -0.116. The highest BCUT2D eigenvalue weighted by Gasteiger charge is 2.09. The van der Waals surface area contributed by atoms with Crippen molar-refractivity contribution in [3.63, 3.8) is 0 Å². The third-order valence-electron chi connectivity index (χ3n) is 3.41. The maximum atomic E-state index is 13.1. The Balaban J connectivity index is 1.90. The van der Waals surface area contributed by atoms with Gasteiger partial charge < -0.3 is 10.6 Å². The first-order valence-electron chi connectivity index (χ1n) is 7.61. The van der Waals surface area contributed by atoms with Crippen molar-refractivity contribution >= 4 is 35.0 Å². The monoisotopic (exact) mass is 364 g/mol. The SMILES string of the molecule is CC(=O)Nc1cccc(NC(=O)CCSc2ccc(F)c(F)c2)c1C. The molecule has 0 bridgehead atoms. The average Bonchev–Trinajstić information content (AvgIpc) is 2.54. The molecule has 0 aliphatic rings. The van der Waals surface area contributed by atoms with E-state index in [0.717, 1.165) is 17.7 Å². The summed E-state index contributed by atoms with van der Waals surface area (Å²) in [4.78, 5) is 23.8. The van der Waals surface area contributed by atoms with Crippen LogP contribution in [-0.4, -0.2) is 17.6 Å². The molecule has 7 heteroatoms. The van der Waals surface area contributed by atoms with Crippen LogP contribution in [0.3, 0.4) is 0 Å². The average molecular weight is 364 g/mol. The van der Waals surface area contributed by atoms with Gasteiger partial charge in [-0.05, 0) is 42.8 Å². The van der Waals surface area contributed by atoms with Crippen LogP contribution in [0.5, 0.6) is 0 Å². The minimum Gasteiger partial charge on any atom is -0.326 e. The molecule has 4 nitrogen and oxygen atoms in total. The zero-order chi connectivity index (χ0) is 18.4. The van der Waals surface area contributed by atoms with Crippen LogP contribution in [0, 0.1) is 18.6 Å². The highest BCUT2D eigenvalue weighted by Crippen LogP contribution is 2.24. The summed E-state index contributed by atoms with van der Waals surface area (Å²) < 4.78 is 26.0. The summed E-state index contributed by atoms with van der Waals surface area (Å²) in [6.45, 7) is 3.22. The molecule has 0 fully saturated rings. The van der Waals surface area contributed by atoms with Gasteiger partial charge in [-0.2, -0.15) is 0 Å². The van der Waals surface area contributed by atoms with Gasteiger partial charge in [0, 0.05) is 35.4 Å². The topological polar surface area (TPSA) is 58.2 Å². The summed E-state index contributed by atoms with van der Waals surface area (Å²) in [6.07, 6.45) is 0.216. The fourth-order valence-corrected chi connectivity index (χ4v) is 3.01. The molecule has 25 heavy (non-hydrogen) atoms. The standard InChI is InChI=1S/C18H18F2N2O2S/c1-11-16(21-12(2)23)4-3-5-17(11)22-18(24)8-9-25-13-6-7-14(19)15(20)10-13/h3-7,10H,8-9H2,1-2H3,(H,21,23)(H,22,24). The molecule has 0 spiro atoms. The molecule has 0 aliphatic carbocycles. The lowest BCUT2D eigenvalue weighted by Crippen LogP contribution is -2.14. The molecular formula is C18H18F2N2O2S. The largest absolute Gasteiger partial charge is 0.326 e. The summed E-state index contributed by atoms with van der Waals surface area (Å²) in [6, 6.07) is 8.89. The van der Waals surface area contributed by atoms with Crippen molar-refractivity contribution in [1.29, 1.82) is 0 Å². The number of hydrogen-bond acceptors (Lipinski definition) is 3. The molecule has 0 heterocycles. The number of thioether (sulfide) groups is 1. The second-order valence-electron chi connectivity index (χ2n) is 5.38. The van der Waals surface area contributed by atoms with E-state index < -0.39 is 11.6 Å². The van der Waals surface area contributed by atoms with Crippen LogP contribution in [-0.2, 0) is 9.59 Å². The quantitative estimate of drug-likeness (QED) is 0.749. The maximum absolute atomic E-state index is 13.1. The fraction of sp³-hybridized carbons (Fsp3) is 0.222. The molecule has 0 radical (unpaired) electrons. The molecule has 0 saturated heterocycles. The molecule has 2 rings (SSSR count). The summed E-state index contributed by atoms with van der Waals surface area (Å²) in [5.41, 5.74) is 2.02. The number of hydrogen-bond donors (Lipinski definition) is 2. The van der Waals surface area contributed by atoms with Crippen molar-refractivity contribution in [2.24, 2.45) is 0 Å². The number of benzene rings is 2. The van der Waals surface area contributed by atoms with Crippen molar-refractivity contribution in [2.75, 3.05) is 16.4 Å². The maximum Gasteiger partial charge on any atom is 0.225 e. The van der Waals surface area contributed by atoms with E-state index in [9.17, 15) is 18.4 Å². The van der Waals surface area contributed by atoms with Crippen LogP contribution in [0.2, 0.25) is 0 Å². The van der Waals surface area contributed by atoms with E-state index in [-0.39, 0.29) is 18.2 Å². The lowest BCUT2D eigenvalue weighted by Gasteiger charge is -2.12. The molecule has 2 aromatic rings. The normalized spacial score (nSPS) is 10.4. The number of halogens is 2. The first-order chi connectivity index (χ1) is 11.9. The fourth-order valence-electron chi connectivity index (χ4n) is 2.14. The highest BCUT2D eigenvalue weighted by molar-refractivity contribution is 7.99. The Kier molecular flexibility index (Phi) is 6.52. The van der Waals surface area contributed by atoms with Crippen LogP contribution in [0.4, 0.5) is 20.2 Å². The van der Waals surface area contributed by atoms with Crippen LogP contribution in [0.25, 0.3) is 0 Å². The van der Waals surface area contributed by atoms with Crippen LogP contribution in [0.1, 0.15) is 18.9 Å². The zero-order valence-corrected chi connectivity index (χ0v) is 14.7. The lowest BCUT2D eigenvalue weighted by atomic mass is 10.1. The summed E-state index contributed by atoms with van der Waals surface area (Å²) >= 11 is 1.27. The van der Waals surface area contributed by atoms with Crippen LogP contribution >= 0.6 is 11.8 Å². The number of rotatable bonds is 6. The third kappa shape index (κ3) is 5.56. The van der Waals surface area contributed by atoms with Crippen molar-refractivity contribution in [3.8, 4) is 0 Å². The minimum absolute atomic E-state index is 0.186. The Hall–Kier alpha value is -2.41. The van der Waals surface area contributed by atoms with Gasteiger partial charge in [0.1, 0.15) is 0 Å². The van der Waals surface area contributed by atoms with Crippen molar-refractivity contribution in [1.82, 2.24) is 0 Å². The Bertz CT molecular complexity index is 797. The zero-order valence-electron chi connectivity index (χ0n) is 13.9. The van der Waals surface area contributed by atoms with Gasteiger partial charge in [0.15, 0.2) is 11.6 Å². The van der Waals surface area contributed by atoms with Gasteiger partial charge >= 0.3 is 0 Å². The second kappa shape index (κ2) is 8.62. The molecule has 0 aromatic heterocycles. The van der Waals surface area contributed by atoms with Gasteiger partial charge in [0.05, 0.1) is 0 Å². The smallest absolute Gasteiger partial charge is 0.225 e. The molecule has 0 unspecified atom stereocenters. The summed E-state index contributed by atoms with van der Waals surface area (Å²) in [5, 5.41) is 5.49. The summed E-state index contributed by atoms with van der Waals surface area (Å²) in [7, 11) is 0. The Labute approximate surface area is 149 Å². The number of amides is 2. The molecule has 0 aliphatic heterocycles. The van der Waals surface area contributed by atoms with Gasteiger partial charge in [-0.15, -0.1) is 11.8 Å². The first kappa shape index (κ1) is 18.9. The van der Waals surface area contributed by atoms with E-state index in [2.05, 4.69) is 10.6 Å². The number of carbonyl (C=O) groups is 2. The van der Waals surface area contributed by atoms with Crippen LogP contribution < -0.4 is 10.6 Å². The van der Waals surface area contributed by atoms with Crippen molar-refractivity contribution in [3.05, 3.63) is 53.6 Å². The molecule has 132 valence electrons. The molecule has 2 amide bonds. The molecule has 2 N–H and O–H groups in total. The van der Waals surface area contributed by atoms with Crippen LogP contribution in [0.15, 0.2) is 41.3 Å². The third-order valence-corrected chi connectivity index (χ3v) is 4.40. The second-order valence-corrected chi connectivity index (χ2v) is 6.55. The number of nitrogens with one attached hydrogen (secondary N) is 2. The van der Waals surface area contributed by atoms with Crippen molar-refractivity contribution < 1.29 is 18.4 Å². The Morgan fingerprint density at radius 2 is 1.72 bits per heavy atom. The predicted molar refractivity (Wildman–Crippen MR) is 95.8 cm³/mol. The summed E-state index contributed by atoms with van der Waals surface area (Å²) in [5.74, 6) is -1.74. The minimum atomic E-state index is -0.903. The molecular weight excluding hydrogens is 346 g/mol. The predicted octanol–water partition coefficient (Wildman–Crippen LogP) is 4.35. The van der Waals surface area contributed by atoms with E-state index >= 15 is 0 Å². The van der Waals surface area contributed by atoms with Gasteiger partial charge in [0.25, 0.3) is 0 Å². The molecule has 2 aromatic carbocycles. The van der Waals surface area contributed by atoms with E-state index in [4.69, 9.17) is 0 Å². The number of carbonyl (C=O) groups excluding carboxylic acids is 2.